The lowest BCUT2D eigenvalue weighted by molar-refractivity contribution is -0.145. The molecule has 1 aliphatic carbocycles. The van der Waals surface area contributed by atoms with Gasteiger partial charge in [0.1, 0.15) is 0 Å². The number of carbonyl (C=O) groups excluding carboxylic acids is 1. The number of unbranched alkanes of at least 4 members (excludes halogenated alkanes) is 1. The lowest BCUT2D eigenvalue weighted by Gasteiger charge is -2.32. The van der Waals surface area contributed by atoms with Crippen LogP contribution in [0, 0.1) is 5.92 Å². The molecule has 0 spiro atoms. The lowest BCUT2D eigenvalue weighted by Crippen LogP contribution is -2.46. The number of carboxylic acid groups (broad SMARTS) is 1. The number of aliphatic carboxylic acids is 1. The molecule has 0 aromatic heterocycles. The molecule has 0 atom stereocenters. The van der Waals surface area contributed by atoms with Crippen LogP contribution in [0.5, 0.6) is 11.5 Å². The van der Waals surface area contributed by atoms with Gasteiger partial charge in [0.15, 0.2) is 11.5 Å². The summed E-state index contributed by atoms with van der Waals surface area (Å²) in [5.41, 5.74) is 0.486. The summed E-state index contributed by atoms with van der Waals surface area (Å²) >= 11 is 0. The predicted octanol–water partition coefficient (Wildman–Crippen LogP) is 2.86. The molecule has 6 nitrogen and oxygen atoms in total. The maximum Gasteiger partial charge on any atom is 0.306 e. The first-order chi connectivity index (χ1) is 11.5. The molecule has 1 aromatic rings. The second-order valence-electron chi connectivity index (χ2n) is 5.97. The largest absolute Gasteiger partial charge is 0.490 e. The Morgan fingerprint density at radius 2 is 1.96 bits per heavy atom. The number of amides is 1. The molecule has 6 heteroatoms. The maximum atomic E-state index is 12.3. The average Bonchev–Trinajstić information content (AvgIpc) is 2.51. The van der Waals surface area contributed by atoms with Gasteiger partial charge in [0.05, 0.1) is 19.1 Å². The highest BCUT2D eigenvalue weighted by atomic mass is 16.5. The fourth-order valence-corrected chi connectivity index (χ4v) is 2.57. The van der Waals surface area contributed by atoms with Crippen LogP contribution in [0.25, 0.3) is 0 Å². The van der Waals surface area contributed by atoms with Gasteiger partial charge in [-0.3, -0.25) is 9.59 Å². The van der Waals surface area contributed by atoms with Crippen molar-refractivity contribution < 1.29 is 24.2 Å². The maximum absolute atomic E-state index is 12.3. The van der Waals surface area contributed by atoms with Gasteiger partial charge in [-0.1, -0.05) is 13.3 Å². The fraction of sp³-hybridized carbons (Fsp3) is 0.556. The molecule has 1 aromatic carbocycles. The van der Waals surface area contributed by atoms with Crippen molar-refractivity contribution in [1.82, 2.24) is 5.32 Å². The molecule has 0 heterocycles. The van der Waals surface area contributed by atoms with E-state index in [4.69, 9.17) is 14.6 Å². The Kier molecular flexibility index (Phi) is 6.46. The third kappa shape index (κ3) is 4.63. The van der Waals surface area contributed by atoms with Crippen LogP contribution in [0.3, 0.4) is 0 Å². The molecular formula is C18H25NO5. The molecular weight excluding hydrogens is 310 g/mol. The van der Waals surface area contributed by atoms with Crippen molar-refractivity contribution in [2.75, 3.05) is 13.2 Å². The van der Waals surface area contributed by atoms with E-state index in [-0.39, 0.29) is 17.9 Å². The standard InChI is InChI=1S/C18H25NO5/c1-3-5-8-24-15-7-6-12(11-16(15)23-4-2)17(20)19-14-9-13(10-14)18(21)22/h6-7,11,13-14H,3-5,8-10H2,1-2H3,(H,19,20)(H,21,22). The number of carboxylic acids is 1. The number of carbonyl (C=O) groups is 2. The average molecular weight is 335 g/mol. The highest BCUT2D eigenvalue weighted by Crippen LogP contribution is 2.30. The van der Waals surface area contributed by atoms with Gasteiger partial charge in [0.25, 0.3) is 5.91 Å². The minimum absolute atomic E-state index is 0.0744. The number of ether oxygens (including phenoxy) is 2. The second-order valence-corrected chi connectivity index (χ2v) is 5.97. The van der Waals surface area contributed by atoms with E-state index in [1.165, 1.54) is 0 Å². The molecule has 0 radical (unpaired) electrons. The third-order valence-corrected chi connectivity index (χ3v) is 4.08. The smallest absolute Gasteiger partial charge is 0.306 e. The van der Waals surface area contributed by atoms with Gasteiger partial charge in [-0.25, -0.2) is 0 Å². The summed E-state index contributed by atoms with van der Waals surface area (Å²) in [6.07, 6.45) is 2.97. The molecule has 1 amide bonds. The van der Waals surface area contributed by atoms with E-state index in [2.05, 4.69) is 12.2 Å². The van der Waals surface area contributed by atoms with Crippen LogP contribution in [-0.2, 0) is 4.79 Å². The zero-order valence-corrected chi connectivity index (χ0v) is 14.2. The number of benzene rings is 1. The molecule has 1 saturated carbocycles. The Morgan fingerprint density at radius 3 is 2.58 bits per heavy atom. The van der Waals surface area contributed by atoms with E-state index in [0.29, 0.717) is 43.1 Å². The first kappa shape index (κ1) is 18.1. The summed E-state index contributed by atoms with van der Waals surface area (Å²) in [6.45, 7) is 5.07. The van der Waals surface area contributed by atoms with Gasteiger partial charge in [-0.15, -0.1) is 0 Å². The van der Waals surface area contributed by atoms with Gasteiger partial charge in [-0.2, -0.15) is 0 Å². The molecule has 132 valence electrons. The third-order valence-electron chi connectivity index (χ3n) is 4.08. The molecule has 0 saturated heterocycles. The van der Waals surface area contributed by atoms with Gasteiger partial charge >= 0.3 is 5.97 Å². The molecule has 24 heavy (non-hydrogen) atoms. The summed E-state index contributed by atoms with van der Waals surface area (Å²) in [5, 5.41) is 11.7. The lowest BCUT2D eigenvalue weighted by atomic mass is 9.80. The molecule has 2 rings (SSSR count). The van der Waals surface area contributed by atoms with E-state index >= 15 is 0 Å². The highest BCUT2D eigenvalue weighted by Gasteiger charge is 2.35. The summed E-state index contributed by atoms with van der Waals surface area (Å²) in [7, 11) is 0. The van der Waals surface area contributed by atoms with E-state index in [0.717, 1.165) is 12.8 Å². The Labute approximate surface area is 142 Å². The monoisotopic (exact) mass is 335 g/mol. The van der Waals surface area contributed by atoms with Crippen molar-refractivity contribution in [3.8, 4) is 11.5 Å². The summed E-state index contributed by atoms with van der Waals surface area (Å²) in [4.78, 5) is 23.1. The highest BCUT2D eigenvalue weighted by molar-refractivity contribution is 5.95. The summed E-state index contributed by atoms with van der Waals surface area (Å²) in [6, 6.07) is 5.05. The van der Waals surface area contributed by atoms with Crippen molar-refractivity contribution in [2.24, 2.45) is 5.92 Å². The van der Waals surface area contributed by atoms with Crippen LogP contribution in [-0.4, -0.2) is 36.2 Å². The number of hydrogen-bond acceptors (Lipinski definition) is 4. The Balaban J connectivity index is 1.98. The van der Waals surface area contributed by atoms with E-state index < -0.39 is 5.97 Å². The van der Waals surface area contributed by atoms with Crippen LogP contribution >= 0.6 is 0 Å². The summed E-state index contributed by atoms with van der Waals surface area (Å²) < 4.78 is 11.3. The predicted molar refractivity (Wildman–Crippen MR) is 89.6 cm³/mol. The fourth-order valence-electron chi connectivity index (χ4n) is 2.57. The minimum Gasteiger partial charge on any atom is -0.490 e. The first-order valence-electron chi connectivity index (χ1n) is 8.48. The number of hydrogen-bond donors (Lipinski definition) is 2. The van der Waals surface area contributed by atoms with Crippen molar-refractivity contribution in [3.63, 3.8) is 0 Å². The summed E-state index contributed by atoms with van der Waals surface area (Å²) in [5.74, 6) is -0.170. The Hall–Kier alpha value is -2.24. The molecule has 1 fully saturated rings. The van der Waals surface area contributed by atoms with Gasteiger partial charge in [-0.05, 0) is 44.4 Å². The van der Waals surface area contributed by atoms with E-state index in [9.17, 15) is 9.59 Å². The van der Waals surface area contributed by atoms with Crippen molar-refractivity contribution in [1.29, 1.82) is 0 Å². The Bertz CT molecular complexity index is 581. The van der Waals surface area contributed by atoms with Crippen molar-refractivity contribution in [3.05, 3.63) is 23.8 Å². The topological polar surface area (TPSA) is 84.9 Å². The normalized spacial score (nSPS) is 19.2. The van der Waals surface area contributed by atoms with E-state index in [1.54, 1.807) is 18.2 Å². The van der Waals surface area contributed by atoms with Gasteiger partial charge < -0.3 is 19.9 Å². The van der Waals surface area contributed by atoms with Gasteiger partial charge in [0, 0.05) is 11.6 Å². The number of rotatable bonds is 9. The van der Waals surface area contributed by atoms with Crippen LogP contribution in [0.1, 0.15) is 49.9 Å². The molecule has 2 N–H and O–H groups in total. The Morgan fingerprint density at radius 1 is 1.21 bits per heavy atom. The van der Waals surface area contributed by atoms with Crippen LogP contribution in [0.15, 0.2) is 18.2 Å². The zero-order valence-electron chi connectivity index (χ0n) is 14.2. The van der Waals surface area contributed by atoms with Crippen molar-refractivity contribution >= 4 is 11.9 Å². The van der Waals surface area contributed by atoms with E-state index in [1.807, 2.05) is 6.92 Å². The second kappa shape index (κ2) is 8.57. The van der Waals surface area contributed by atoms with Gasteiger partial charge in [0.2, 0.25) is 0 Å². The molecule has 0 bridgehead atoms. The quantitative estimate of drug-likeness (QED) is 0.678. The molecule has 0 aliphatic heterocycles. The first-order valence-corrected chi connectivity index (χ1v) is 8.48. The zero-order chi connectivity index (χ0) is 17.5. The number of nitrogens with one attached hydrogen (secondary N) is 1. The molecule has 0 unspecified atom stereocenters. The van der Waals surface area contributed by atoms with Crippen molar-refractivity contribution in [2.45, 2.75) is 45.6 Å². The van der Waals surface area contributed by atoms with Crippen LogP contribution in [0.4, 0.5) is 0 Å². The SMILES string of the molecule is CCCCOc1ccc(C(=O)NC2CC(C(=O)O)C2)cc1OCC. The van der Waals surface area contributed by atoms with Crippen LogP contribution in [0.2, 0.25) is 0 Å². The minimum atomic E-state index is -0.798. The molecule has 1 aliphatic rings. The van der Waals surface area contributed by atoms with Crippen LogP contribution < -0.4 is 14.8 Å².